The zero-order valence-electron chi connectivity index (χ0n) is 14.2. The highest BCUT2D eigenvalue weighted by Gasteiger charge is 2.22. The summed E-state index contributed by atoms with van der Waals surface area (Å²) >= 11 is 0. The van der Waals surface area contributed by atoms with Gasteiger partial charge in [0, 0.05) is 43.7 Å². The molecule has 6 nitrogen and oxygen atoms in total. The second kappa shape index (κ2) is 7.79. The molecule has 2 aromatic rings. The van der Waals surface area contributed by atoms with Crippen molar-refractivity contribution in [3.63, 3.8) is 0 Å². The van der Waals surface area contributed by atoms with E-state index in [1.807, 2.05) is 24.3 Å². The zero-order chi connectivity index (χ0) is 16.9. The van der Waals surface area contributed by atoms with Gasteiger partial charge in [0.05, 0.1) is 19.8 Å². The van der Waals surface area contributed by atoms with Crippen molar-refractivity contribution in [2.75, 3.05) is 40.0 Å². The summed E-state index contributed by atoms with van der Waals surface area (Å²) in [5, 5.41) is 3.91. The Morgan fingerprint density at radius 3 is 2.83 bits per heavy atom. The molecular formula is C18H24N2O4. The van der Waals surface area contributed by atoms with E-state index in [0.29, 0.717) is 24.5 Å². The van der Waals surface area contributed by atoms with E-state index in [-0.39, 0.29) is 11.9 Å². The van der Waals surface area contributed by atoms with E-state index in [9.17, 15) is 4.79 Å². The Kier molecular flexibility index (Phi) is 5.50. The van der Waals surface area contributed by atoms with Crippen LogP contribution in [0.4, 0.5) is 0 Å². The van der Waals surface area contributed by atoms with Crippen LogP contribution < -0.4 is 5.32 Å². The van der Waals surface area contributed by atoms with Crippen molar-refractivity contribution in [2.24, 2.45) is 0 Å². The second-order valence-corrected chi connectivity index (χ2v) is 6.05. The summed E-state index contributed by atoms with van der Waals surface area (Å²) in [6.07, 6.45) is 0. The molecule has 24 heavy (non-hydrogen) atoms. The maximum atomic E-state index is 12.6. The molecule has 1 amide bonds. The second-order valence-electron chi connectivity index (χ2n) is 6.05. The van der Waals surface area contributed by atoms with Crippen molar-refractivity contribution in [1.82, 2.24) is 10.2 Å². The van der Waals surface area contributed by atoms with Crippen molar-refractivity contribution in [2.45, 2.75) is 19.6 Å². The van der Waals surface area contributed by atoms with Crippen LogP contribution in [0.15, 0.2) is 28.7 Å². The maximum absolute atomic E-state index is 12.6. The molecule has 1 atom stereocenters. The minimum Gasteiger partial charge on any atom is -0.451 e. The summed E-state index contributed by atoms with van der Waals surface area (Å²) in [6, 6.07) is 7.89. The summed E-state index contributed by atoms with van der Waals surface area (Å²) in [6.45, 7) is 6.33. The summed E-state index contributed by atoms with van der Waals surface area (Å²) < 4.78 is 16.4. The van der Waals surface area contributed by atoms with Gasteiger partial charge in [0.25, 0.3) is 5.91 Å². The Bertz CT molecular complexity index is 691. The molecule has 3 rings (SSSR count). The highest BCUT2D eigenvalue weighted by atomic mass is 16.5. The van der Waals surface area contributed by atoms with E-state index in [1.54, 1.807) is 7.11 Å². The van der Waals surface area contributed by atoms with Gasteiger partial charge in [0.1, 0.15) is 5.58 Å². The summed E-state index contributed by atoms with van der Waals surface area (Å²) in [5.74, 6) is 0.144. The number of amides is 1. The number of hydrogen-bond donors (Lipinski definition) is 1. The first-order valence-corrected chi connectivity index (χ1v) is 8.30. The number of hydrogen-bond acceptors (Lipinski definition) is 5. The molecule has 0 bridgehead atoms. The van der Waals surface area contributed by atoms with Crippen molar-refractivity contribution in [1.29, 1.82) is 0 Å². The molecule has 0 spiro atoms. The number of carbonyl (C=O) groups excluding carboxylic acids is 1. The third-order valence-corrected chi connectivity index (χ3v) is 4.42. The van der Waals surface area contributed by atoms with Gasteiger partial charge >= 0.3 is 0 Å². The van der Waals surface area contributed by atoms with E-state index in [1.165, 1.54) is 0 Å². The van der Waals surface area contributed by atoms with E-state index < -0.39 is 0 Å². The van der Waals surface area contributed by atoms with Gasteiger partial charge < -0.3 is 19.2 Å². The number of nitrogens with one attached hydrogen (secondary N) is 1. The highest BCUT2D eigenvalue weighted by molar-refractivity contribution is 5.99. The van der Waals surface area contributed by atoms with Crippen molar-refractivity contribution in [3.8, 4) is 0 Å². The van der Waals surface area contributed by atoms with Crippen LogP contribution in [0.5, 0.6) is 0 Å². The van der Waals surface area contributed by atoms with Gasteiger partial charge in [-0.25, -0.2) is 0 Å². The summed E-state index contributed by atoms with van der Waals surface area (Å²) in [7, 11) is 1.62. The SMILES string of the molecule is COCc1c(C(=O)NC[C@H](C)N2CCOCC2)oc2ccccc12. The predicted molar refractivity (Wildman–Crippen MR) is 91.1 cm³/mol. The van der Waals surface area contributed by atoms with E-state index in [4.69, 9.17) is 13.9 Å². The van der Waals surface area contributed by atoms with E-state index in [2.05, 4.69) is 17.1 Å². The Labute approximate surface area is 141 Å². The lowest BCUT2D eigenvalue weighted by atomic mass is 10.1. The standard InChI is InChI=1S/C18H24N2O4/c1-13(20-7-9-23-10-8-20)11-19-18(21)17-15(12-22-2)14-5-3-4-6-16(14)24-17/h3-6,13H,7-12H2,1-2H3,(H,19,21)/t13-/m0/s1. The molecule has 0 aliphatic carbocycles. The lowest BCUT2D eigenvalue weighted by molar-refractivity contribution is 0.0203. The van der Waals surface area contributed by atoms with Gasteiger partial charge in [-0.15, -0.1) is 0 Å². The predicted octanol–water partition coefficient (Wildman–Crippen LogP) is 2.03. The number of rotatable bonds is 6. The number of morpholine rings is 1. The molecule has 0 radical (unpaired) electrons. The number of para-hydroxylation sites is 1. The molecule has 6 heteroatoms. The largest absolute Gasteiger partial charge is 0.451 e. The molecule has 1 aromatic carbocycles. The Morgan fingerprint density at radius 2 is 2.08 bits per heavy atom. The van der Waals surface area contributed by atoms with Crippen LogP contribution in [-0.2, 0) is 16.1 Å². The number of ether oxygens (including phenoxy) is 2. The monoisotopic (exact) mass is 332 g/mol. The van der Waals surface area contributed by atoms with Gasteiger partial charge in [0.15, 0.2) is 5.76 Å². The molecule has 1 N–H and O–H groups in total. The van der Waals surface area contributed by atoms with Gasteiger partial charge in [0.2, 0.25) is 0 Å². The number of carbonyl (C=O) groups is 1. The first kappa shape index (κ1) is 17.0. The molecule has 1 fully saturated rings. The van der Waals surface area contributed by atoms with Crippen LogP contribution in [0.3, 0.4) is 0 Å². The van der Waals surface area contributed by atoms with Gasteiger partial charge in [-0.1, -0.05) is 18.2 Å². The minimum absolute atomic E-state index is 0.196. The van der Waals surface area contributed by atoms with E-state index >= 15 is 0 Å². The topological polar surface area (TPSA) is 63.9 Å². The molecule has 0 saturated carbocycles. The third-order valence-electron chi connectivity index (χ3n) is 4.42. The number of furan rings is 1. The molecule has 1 aliphatic heterocycles. The van der Waals surface area contributed by atoms with Gasteiger partial charge in [-0.3, -0.25) is 9.69 Å². The van der Waals surface area contributed by atoms with Crippen LogP contribution in [0, 0.1) is 0 Å². The molecule has 1 saturated heterocycles. The first-order valence-electron chi connectivity index (χ1n) is 8.30. The Hall–Kier alpha value is -1.89. The lowest BCUT2D eigenvalue weighted by Crippen LogP contribution is -2.47. The Morgan fingerprint density at radius 1 is 1.33 bits per heavy atom. The first-order chi connectivity index (χ1) is 11.7. The van der Waals surface area contributed by atoms with Crippen LogP contribution in [0.25, 0.3) is 11.0 Å². The minimum atomic E-state index is -0.196. The smallest absolute Gasteiger partial charge is 0.287 e. The van der Waals surface area contributed by atoms with Crippen LogP contribution in [0.1, 0.15) is 23.0 Å². The maximum Gasteiger partial charge on any atom is 0.287 e. The normalized spacial score (nSPS) is 17.1. The fourth-order valence-corrected chi connectivity index (χ4v) is 3.04. The van der Waals surface area contributed by atoms with Crippen LogP contribution >= 0.6 is 0 Å². The van der Waals surface area contributed by atoms with Gasteiger partial charge in [-0.2, -0.15) is 0 Å². The highest BCUT2D eigenvalue weighted by Crippen LogP contribution is 2.26. The Balaban J connectivity index is 1.70. The van der Waals surface area contributed by atoms with Crippen LogP contribution in [0.2, 0.25) is 0 Å². The molecule has 1 aromatic heterocycles. The number of benzene rings is 1. The summed E-state index contributed by atoms with van der Waals surface area (Å²) in [4.78, 5) is 14.9. The van der Waals surface area contributed by atoms with Crippen LogP contribution in [-0.4, -0.2) is 56.8 Å². The lowest BCUT2D eigenvalue weighted by Gasteiger charge is -2.32. The van der Waals surface area contributed by atoms with Crippen molar-refractivity contribution < 1.29 is 18.7 Å². The summed E-state index contributed by atoms with van der Waals surface area (Å²) in [5.41, 5.74) is 1.50. The molecule has 1 aliphatic rings. The van der Waals surface area contributed by atoms with Crippen molar-refractivity contribution in [3.05, 3.63) is 35.6 Å². The quantitative estimate of drug-likeness (QED) is 0.877. The fourth-order valence-electron chi connectivity index (χ4n) is 3.04. The third kappa shape index (κ3) is 3.61. The molecular weight excluding hydrogens is 308 g/mol. The average Bonchev–Trinajstić information content (AvgIpc) is 2.99. The van der Waals surface area contributed by atoms with Crippen molar-refractivity contribution >= 4 is 16.9 Å². The fraction of sp³-hybridized carbons (Fsp3) is 0.500. The zero-order valence-corrected chi connectivity index (χ0v) is 14.2. The molecule has 130 valence electrons. The molecule has 2 heterocycles. The van der Waals surface area contributed by atoms with Gasteiger partial charge in [-0.05, 0) is 13.0 Å². The van der Waals surface area contributed by atoms with E-state index in [0.717, 1.165) is 37.3 Å². The number of fused-ring (bicyclic) bond motifs is 1. The molecule has 0 unspecified atom stereocenters. The number of nitrogens with zero attached hydrogens (tertiary/aromatic N) is 1. The number of methoxy groups -OCH3 is 1. The average molecular weight is 332 g/mol.